The van der Waals surface area contributed by atoms with Crippen LogP contribution in [0.2, 0.25) is 0 Å². The quantitative estimate of drug-likeness (QED) is 0.942. The molecule has 0 aliphatic carbocycles. The first kappa shape index (κ1) is 13.8. The van der Waals surface area contributed by atoms with E-state index >= 15 is 0 Å². The molecule has 1 heterocycles. The monoisotopic (exact) mass is 321 g/mol. The number of amides is 1. The van der Waals surface area contributed by atoms with Gasteiger partial charge in [0.15, 0.2) is 0 Å². The summed E-state index contributed by atoms with van der Waals surface area (Å²) in [6.07, 6.45) is 0.815. The predicted octanol–water partition coefficient (Wildman–Crippen LogP) is 3.31. The lowest BCUT2D eigenvalue weighted by atomic mass is 10.2. The van der Waals surface area contributed by atoms with Crippen LogP contribution in [0.5, 0.6) is 0 Å². The third-order valence-electron chi connectivity index (χ3n) is 2.90. The fraction of sp³-hybridized carbons (Fsp3) is 0.286. The van der Waals surface area contributed by atoms with Gasteiger partial charge in [-0.2, -0.15) is 5.10 Å². The van der Waals surface area contributed by atoms with E-state index in [4.69, 9.17) is 0 Å². The van der Waals surface area contributed by atoms with Crippen LogP contribution in [0.3, 0.4) is 0 Å². The van der Waals surface area contributed by atoms with Gasteiger partial charge >= 0.3 is 0 Å². The number of carbonyl (C=O) groups is 1. The zero-order valence-corrected chi connectivity index (χ0v) is 12.8. The molecule has 0 saturated carbocycles. The largest absolute Gasteiger partial charge is 0.320 e. The average Bonchev–Trinajstić information content (AvgIpc) is 2.74. The van der Waals surface area contributed by atoms with Crippen molar-refractivity contribution >= 4 is 27.5 Å². The molecule has 1 N–H and O–H groups in total. The summed E-state index contributed by atoms with van der Waals surface area (Å²) in [5, 5.41) is 7.16. The third-order valence-corrected chi connectivity index (χ3v) is 3.55. The summed E-state index contributed by atoms with van der Waals surface area (Å²) in [6.45, 7) is 4.02. The highest BCUT2D eigenvalue weighted by Crippen LogP contribution is 2.23. The first-order valence-corrected chi connectivity index (χ1v) is 6.91. The molecule has 1 aromatic carbocycles. The molecule has 0 saturated heterocycles. The molecular weight excluding hydrogens is 306 g/mol. The standard InChI is InChI=1S/C14H16BrN3O/c1-4-10-8-13(18(3)17-10)14(19)16-12-6-5-9(2)7-11(12)15/h5-8H,4H2,1-3H3,(H,16,19). The number of hydrogen-bond donors (Lipinski definition) is 1. The highest BCUT2D eigenvalue weighted by atomic mass is 79.9. The van der Waals surface area contributed by atoms with Gasteiger partial charge in [-0.1, -0.05) is 13.0 Å². The van der Waals surface area contributed by atoms with Crippen molar-refractivity contribution in [1.29, 1.82) is 0 Å². The Kier molecular flexibility index (Phi) is 4.04. The lowest BCUT2D eigenvalue weighted by molar-refractivity contribution is 0.101. The van der Waals surface area contributed by atoms with Crippen molar-refractivity contribution in [3.63, 3.8) is 0 Å². The Morgan fingerprint density at radius 1 is 1.42 bits per heavy atom. The number of nitrogens with one attached hydrogen (secondary N) is 1. The Morgan fingerprint density at radius 3 is 2.74 bits per heavy atom. The lowest BCUT2D eigenvalue weighted by Crippen LogP contribution is -2.16. The van der Waals surface area contributed by atoms with E-state index in [1.807, 2.05) is 38.1 Å². The van der Waals surface area contributed by atoms with Crippen molar-refractivity contribution in [2.45, 2.75) is 20.3 Å². The Morgan fingerprint density at radius 2 is 2.16 bits per heavy atom. The maximum Gasteiger partial charge on any atom is 0.273 e. The molecule has 0 atom stereocenters. The Labute approximate surface area is 120 Å². The topological polar surface area (TPSA) is 46.9 Å². The fourth-order valence-corrected chi connectivity index (χ4v) is 2.41. The van der Waals surface area contributed by atoms with E-state index < -0.39 is 0 Å². The molecule has 0 radical (unpaired) electrons. The molecule has 2 aromatic rings. The van der Waals surface area contributed by atoms with Gasteiger partial charge in [0.1, 0.15) is 5.69 Å². The number of aromatic nitrogens is 2. The molecule has 0 spiro atoms. The highest BCUT2D eigenvalue weighted by molar-refractivity contribution is 9.10. The van der Waals surface area contributed by atoms with Crippen LogP contribution in [-0.4, -0.2) is 15.7 Å². The van der Waals surface area contributed by atoms with Crippen LogP contribution < -0.4 is 5.32 Å². The summed E-state index contributed by atoms with van der Waals surface area (Å²) in [5.74, 6) is -0.153. The molecule has 1 amide bonds. The van der Waals surface area contributed by atoms with E-state index in [0.717, 1.165) is 27.8 Å². The Balaban J connectivity index is 2.23. The van der Waals surface area contributed by atoms with Crippen LogP contribution >= 0.6 is 15.9 Å². The van der Waals surface area contributed by atoms with Gasteiger partial charge in [0.25, 0.3) is 5.91 Å². The minimum absolute atomic E-state index is 0.153. The number of benzene rings is 1. The molecule has 0 unspecified atom stereocenters. The van der Waals surface area contributed by atoms with Crippen LogP contribution in [0.25, 0.3) is 0 Å². The molecule has 4 nitrogen and oxygen atoms in total. The molecule has 100 valence electrons. The summed E-state index contributed by atoms with van der Waals surface area (Å²) >= 11 is 3.45. The van der Waals surface area contributed by atoms with E-state index in [-0.39, 0.29) is 5.91 Å². The molecule has 19 heavy (non-hydrogen) atoms. The number of hydrogen-bond acceptors (Lipinski definition) is 2. The van der Waals surface area contributed by atoms with E-state index in [9.17, 15) is 4.79 Å². The maximum atomic E-state index is 12.2. The maximum absolute atomic E-state index is 12.2. The van der Waals surface area contributed by atoms with Gasteiger partial charge in [-0.3, -0.25) is 9.48 Å². The lowest BCUT2D eigenvalue weighted by Gasteiger charge is -2.08. The van der Waals surface area contributed by atoms with Gasteiger partial charge in [-0.05, 0) is 53.0 Å². The van der Waals surface area contributed by atoms with E-state index in [1.165, 1.54) is 0 Å². The zero-order chi connectivity index (χ0) is 14.0. The van der Waals surface area contributed by atoms with Gasteiger partial charge in [0.2, 0.25) is 0 Å². The molecule has 0 aliphatic rings. The SMILES string of the molecule is CCc1cc(C(=O)Nc2ccc(C)cc2Br)n(C)n1. The molecule has 0 bridgehead atoms. The van der Waals surface area contributed by atoms with Gasteiger partial charge in [0.05, 0.1) is 11.4 Å². The van der Waals surface area contributed by atoms with E-state index in [0.29, 0.717) is 5.69 Å². The van der Waals surface area contributed by atoms with Crippen molar-refractivity contribution in [3.8, 4) is 0 Å². The fourth-order valence-electron chi connectivity index (χ4n) is 1.82. The smallest absolute Gasteiger partial charge is 0.273 e. The van der Waals surface area contributed by atoms with Crippen molar-refractivity contribution < 1.29 is 4.79 Å². The second-order valence-electron chi connectivity index (χ2n) is 4.44. The normalized spacial score (nSPS) is 10.5. The van der Waals surface area contributed by atoms with E-state index in [1.54, 1.807) is 11.7 Å². The number of rotatable bonds is 3. The summed E-state index contributed by atoms with van der Waals surface area (Å²) in [6, 6.07) is 7.63. The second-order valence-corrected chi connectivity index (χ2v) is 5.29. The van der Waals surface area contributed by atoms with E-state index in [2.05, 4.69) is 26.3 Å². The van der Waals surface area contributed by atoms with Crippen LogP contribution in [0, 0.1) is 6.92 Å². The first-order valence-electron chi connectivity index (χ1n) is 6.11. The van der Waals surface area contributed by atoms with Crippen molar-refractivity contribution in [3.05, 3.63) is 45.7 Å². The van der Waals surface area contributed by atoms with Crippen LogP contribution in [-0.2, 0) is 13.5 Å². The Bertz CT molecular complexity index is 619. The van der Waals surface area contributed by atoms with Crippen LogP contribution in [0.15, 0.2) is 28.7 Å². The number of carbonyl (C=O) groups excluding carboxylic acids is 1. The van der Waals surface area contributed by atoms with Gasteiger partial charge in [-0.25, -0.2) is 0 Å². The van der Waals surface area contributed by atoms with Gasteiger partial charge in [-0.15, -0.1) is 0 Å². The molecule has 0 fully saturated rings. The first-order chi connectivity index (χ1) is 9.01. The van der Waals surface area contributed by atoms with Crippen LogP contribution in [0.1, 0.15) is 28.7 Å². The molecular formula is C14H16BrN3O. The summed E-state index contributed by atoms with van der Waals surface area (Å²) < 4.78 is 2.48. The van der Waals surface area contributed by atoms with Gasteiger partial charge < -0.3 is 5.32 Å². The average molecular weight is 322 g/mol. The number of halogens is 1. The molecule has 5 heteroatoms. The zero-order valence-electron chi connectivity index (χ0n) is 11.2. The summed E-state index contributed by atoms with van der Waals surface area (Å²) in [5.41, 5.74) is 3.37. The minimum atomic E-state index is -0.153. The minimum Gasteiger partial charge on any atom is -0.320 e. The summed E-state index contributed by atoms with van der Waals surface area (Å²) in [7, 11) is 1.78. The Hall–Kier alpha value is -1.62. The molecule has 1 aromatic heterocycles. The van der Waals surface area contributed by atoms with Crippen molar-refractivity contribution in [1.82, 2.24) is 9.78 Å². The summed E-state index contributed by atoms with van der Waals surface area (Å²) in [4.78, 5) is 12.2. The van der Waals surface area contributed by atoms with Crippen molar-refractivity contribution in [2.24, 2.45) is 7.05 Å². The molecule has 2 rings (SSSR count). The predicted molar refractivity (Wildman–Crippen MR) is 79.4 cm³/mol. The van der Waals surface area contributed by atoms with Gasteiger partial charge in [0, 0.05) is 11.5 Å². The number of nitrogens with zero attached hydrogens (tertiary/aromatic N) is 2. The third kappa shape index (κ3) is 3.04. The second kappa shape index (κ2) is 5.57. The van der Waals surface area contributed by atoms with Crippen LogP contribution in [0.4, 0.5) is 5.69 Å². The number of aryl methyl sites for hydroxylation is 3. The molecule has 0 aliphatic heterocycles. The number of anilines is 1. The van der Waals surface area contributed by atoms with Crippen molar-refractivity contribution in [2.75, 3.05) is 5.32 Å². The highest BCUT2D eigenvalue weighted by Gasteiger charge is 2.13.